The van der Waals surface area contributed by atoms with Gasteiger partial charge in [0, 0.05) is 29.8 Å². The third kappa shape index (κ3) is 5.12. The Morgan fingerprint density at radius 3 is 2.41 bits per heavy atom. The summed E-state index contributed by atoms with van der Waals surface area (Å²) in [6.45, 7) is 1.99. The van der Waals surface area contributed by atoms with Gasteiger partial charge in [0.1, 0.15) is 6.54 Å². The minimum atomic E-state index is -0.306. The number of carbonyl (C=O) groups is 4. The van der Waals surface area contributed by atoms with E-state index in [0.29, 0.717) is 28.2 Å². The van der Waals surface area contributed by atoms with Gasteiger partial charge in [-0.2, -0.15) is 0 Å². The van der Waals surface area contributed by atoms with Crippen molar-refractivity contribution in [2.45, 2.75) is 13.3 Å². The quantitative estimate of drug-likeness (QED) is 0.529. The first-order valence-electron chi connectivity index (χ1n) is 10.9. The zero-order chi connectivity index (χ0) is 24.1. The van der Waals surface area contributed by atoms with Crippen LogP contribution in [0.2, 0.25) is 0 Å². The predicted molar refractivity (Wildman–Crippen MR) is 130 cm³/mol. The summed E-state index contributed by atoms with van der Waals surface area (Å²) < 4.78 is 0. The first kappa shape index (κ1) is 22.7. The molecular formula is C26H24N4O4. The van der Waals surface area contributed by atoms with Gasteiger partial charge in [-0.3, -0.25) is 24.1 Å². The van der Waals surface area contributed by atoms with E-state index in [2.05, 4.69) is 16.0 Å². The molecule has 0 saturated heterocycles. The molecule has 0 spiro atoms. The number of fused-ring (bicyclic) bond motifs is 1. The molecule has 0 aromatic heterocycles. The maximum atomic E-state index is 13.0. The lowest BCUT2D eigenvalue weighted by molar-refractivity contribution is -0.116. The highest BCUT2D eigenvalue weighted by Crippen LogP contribution is 2.30. The summed E-state index contributed by atoms with van der Waals surface area (Å²) in [7, 11) is 0. The largest absolute Gasteiger partial charge is 0.352 e. The van der Waals surface area contributed by atoms with Crippen LogP contribution in [0.5, 0.6) is 0 Å². The Bertz CT molecular complexity index is 1250. The van der Waals surface area contributed by atoms with Crippen LogP contribution in [0.25, 0.3) is 0 Å². The number of nitrogens with zero attached hydrogens (tertiary/aromatic N) is 1. The van der Waals surface area contributed by atoms with Crippen molar-refractivity contribution in [3.8, 4) is 0 Å². The highest BCUT2D eigenvalue weighted by atomic mass is 16.2. The predicted octanol–water partition coefficient (Wildman–Crippen LogP) is 3.35. The van der Waals surface area contributed by atoms with Crippen LogP contribution < -0.4 is 20.9 Å². The van der Waals surface area contributed by atoms with Crippen LogP contribution in [0, 0.1) is 6.92 Å². The van der Waals surface area contributed by atoms with Gasteiger partial charge in [0.15, 0.2) is 0 Å². The van der Waals surface area contributed by atoms with E-state index < -0.39 is 0 Å². The summed E-state index contributed by atoms with van der Waals surface area (Å²) in [6, 6.07) is 20.8. The Hall–Kier alpha value is -4.46. The molecule has 0 fully saturated rings. The van der Waals surface area contributed by atoms with Gasteiger partial charge in [0.2, 0.25) is 11.8 Å². The molecule has 3 aromatic rings. The van der Waals surface area contributed by atoms with Crippen LogP contribution in [0.3, 0.4) is 0 Å². The molecule has 1 heterocycles. The molecule has 0 aliphatic carbocycles. The second-order valence-corrected chi connectivity index (χ2v) is 7.90. The van der Waals surface area contributed by atoms with Crippen LogP contribution in [0.4, 0.5) is 17.1 Å². The Kier molecular flexibility index (Phi) is 6.68. The Labute approximate surface area is 197 Å². The lowest BCUT2D eigenvalue weighted by Crippen LogP contribution is -2.42. The fourth-order valence-electron chi connectivity index (χ4n) is 3.70. The van der Waals surface area contributed by atoms with Crippen LogP contribution >= 0.6 is 0 Å². The van der Waals surface area contributed by atoms with E-state index in [-0.39, 0.29) is 43.1 Å². The third-order valence-electron chi connectivity index (χ3n) is 5.46. The molecule has 3 aromatic carbocycles. The highest BCUT2D eigenvalue weighted by molar-refractivity contribution is 6.15. The monoisotopic (exact) mass is 456 g/mol. The second-order valence-electron chi connectivity index (χ2n) is 7.90. The smallest absolute Gasteiger partial charge is 0.258 e. The number of nitrogens with one attached hydrogen (secondary N) is 3. The van der Waals surface area contributed by atoms with Crippen molar-refractivity contribution in [3.63, 3.8) is 0 Å². The van der Waals surface area contributed by atoms with Crippen molar-refractivity contribution in [2.24, 2.45) is 0 Å². The number of hydrogen-bond acceptors (Lipinski definition) is 4. The molecular weight excluding hydrogens is 432 g/mol. The molecule has 1 aliphatic heterocycles. The first-order chi connectivity index (χ1) is 16.4. The van der Waals surface area contributed by atoms with Crippen molar-refractivity contribution in [1.29, 1.82) is 0 Å². The molecule has 0 radical (unpaired) electrons. The molecule has 0 saturated carbocycles. The number of benzene rings is 3. The molecule has 0 bridgehead atoms. The fourth-order valence-corrected chi connectivity index (χ4v) is 3.70. The number of carbonyl (C=O) groups excluding carboxylic acids is 4. The molecule has 1 aliphatic rings. The van der Waals surface area contributed by atoms with Crippen molar-refractivity contribution in [2.75, 3.05) is 28.6 Å². The maximum Gasteiger partial charge on any atom is 0.258 e. The van der Waals surface area contributed by atoms with Gasteiger partial charge in [0.25, 0.3) is 11.8 Å². The molecule has 8 nitrogen and oxygen atoms in total. The fraction of sp³-hybridized carbons (Fsp3) is 0.154. The van der Waals surface area contributed by atoms with E-state index in [0.717, 1.165) is 5.56 Å². The Morgan fingerprint density at radius 1 is 0.941 bits per heavy atom. The third-order valence-corrected chi connectivity index (χ3v) is 5.46. The van der Waals surface area contributed by atoms with E-state index in [1.54, 1.807) is 60.7 Å². The molecule has 4 amide bonds. The van der Waals surface area contributed by atoms with Crippen LogP contribution in [0.1, 0.15) is 32.7 Å². The lowest BCUT2D eigenvalue weighted by atomic mass is 10.1. The van der Waals surface area contributed by atoms with Crippen molar-refractivity contribution < 1.29 is 19.2 Å². The van der Waals surface area contributed by atoms with E-state index in [1.807, 2.05) is 19.1 Å². The number of amides is 4. The average Bonchev–Trinajstić information content (AvgIpc) is 2.83. The zero-order valence-corrected chi connectivity index (χ0v) is 18.6. The zero-order valence-electron chi connectivity index (χ0n) is 18.6. The summed E-state index contributed by atoms with van der Waals surface area (Å²) >= 11 is 0. The summed E-state index contributed by atoms with van der Waals surface area (Å²) in [5, 5.41) is 8.26. The summed E-state index contributed by atoms with van der Waals surface area (Å²) in [6.07, 6.45) is 0.109. The van der Waals surface area contributed by atoms with Gasteiger partial charge in [0.05, 0.1) is 11.4 Å². The SMILES string of the molecule is Cc1ccccc1C(=O)NCCC(=O)Nc1ccc(C(=O)N2CC(=O)Nc3ccccc32)cc1. The standard InChI is InChI=1S/C26H24N4O4/c1-17-6-2-3-7-20(17)25(33)27-15-14-23(31)28-19-12-10-18(11-13-19)26(34)30-16-24(32)29-21-8-4-5-9-22(21)30/h2-13H,14-16H2,1H3,(H,27,33)(H,28,31)(H,29,32). The van der Waals surface area contributed by atoms with E-state index in [4.69, 9.17) is 0 Å². The summed E-state index contributed by atoms with van der Waals surface area (Å²) in [4.78, 5) is 50.9. The van der Waals surface area contributed by atoms with Gasteiger partial charge in [-0.05, 0) is 55.0 Å². The van der Waals surface area contributed by atoms with E-state index in [1.165, 1.54) is 4.90 Å². The first-order valence-corrected chi connectivity index (χ1v) is 10.9. The van der Waals surface area contributed by atoms with Gasteiger partial charge >= 0.3 is 0 Å². The molecule has 172 valence electrons. The minimum absolute atomic E-state index is 0.0669. The molecule has 0 atom stereocenters. The molecule has 0 unspecified atom stereocenters. The van der Waals surface area contributed by atoms with Crippen LogP contribution in [-0.4, -0.2) is 36.7 Å². The second kappa shape index (κ2) is 9.99. The topological polar surface area (TPSA) is 108 Å². The van der Waals surface area contributed by atoms with Crippen LogP contribution in [-0.2, 0) is 9.59 Å². The molecule has 34 heavy (non-hydrogen) atoms. The summed E-state index contributed by atoms with van der Waals surface area (Å²) in [5.74, 6) is -1.04. The van der Waals surface area contributed by atoms with E-state index in [9.17, 15) is 19.2 Å². The normalized spacial score (nSPS) is 12.4. The molecule has 4 rings (SSSR count). The number of anilines is 3. The average molecular weight is 457 g/mol. The van der Waals surface area contributed by atoms with Gasteiger partial charge < -0.3 is 16.0 Å². The number of hydrogen-bond donors (Lipinski definition) is 3. The summed E-state index contributed by atoms with van der Waals surface area (Å²) in [5.41, 5.74) is 3.60. The van der Waals surface area contributed by atoms with Gasteiger partial charge in [-0.1, -0.05) is 30.3 Å². The minimum Gasteiger partial charge on any atom is -0.352 e. The van der Waals surface area contributed by atoms with Crippen molar-refractivity contribution >= 4 is 40.7 Å². The molecule has 8 heteroatoms. The highest BCUT2D eigenvalue weighted by Gasteiger charge is 2.27. The Balaban J connectivity index is 1.32. The number of rotatable bonds is 6. The maximum absolute atomic E-state index is 13.0. The van der Waals surface area contributed by atoms with Crippen molar-refractivity contribution in [1.82, 2.24) is 5.32 Å². The van der Waals surface area contributed by atoms with E-state index >= 15 is 0 Å². The Morgan fingerprint density at radius 2 is 1.65 bits per heavy atom. The lowest BCUT2D eigenvalue weighted by Gasteiger charge is -2.29. The van der Waals surface area contributed by atoms with Crippen molar-refractivity contribution in [3.05, 3.63) is 89.5 Å². The van der Waals surface area contributed by atoms with Gasteiger partial charge in [-0.25, -0.2) is 0 Å². The molecule has 3 N–H and O–H groups in total. The number of para-hydroxylation sites is 2. The number of aryl methyl sites for hydroxylation is 1. The van der Waals surface area contributed by atoms with Gasteiger partial charge in [-0.15, -0.1) is 0 Å². The van der Waals surface area contributed by atoms with Crippen LogP contribution in [0.15, 0.2) is 72.8 Å².